The number of carbonyl (C=O) groups excluding carboxylic acids is 1. The zero-order valence-corrected chi connectivity index (χ0v) is 15.2. The quantitative estimate of drug-likeness (QED) is 0.641. The molecule has 1 heterocycles. The molecule has 0 radical (unpaired) electrons. The largest absolute Gasteiger partial charge is 0.489 e. The van der Waals surface area contributed by atoms with Gasteiger partial charge in [-0.15, -0.1) is 11.3 Å². The monoisotopic (exact) mass is 351 g/mol. The number of hydrogen-bond donors (Lipinski definition) is 1. The average molecular weight is 351 g/mol. The first kappa shape index (κ1) is 17.2. The first-order valence-corrected chi connectivity index (χ1v) is 9.20. The first-order valence-electron chi connectivity index (χ1n) is 8.32. The van der Waals surface area contributed by atoms with Crippen LogP contribution in [0.15, 0.2) is 60.0 Å². The Morgan fingerprint density at radius 1 is 1.12 bits per heavy atom. The maximum absolute atomic E-state index is 12.5. The number of para-hydroxylation sites is 1. The smallest absolute Gasteiger partial charge is 0.265 e. The zero-order chi connectivity index (χ0) is 17.6. The van der Waals surface area contributed by atoms with E-state index in [-0.39, 0.29) is 5.91 Å². The van der Waals surface area contributed by atoms with Crippen LogP contribution in [0.5, 0.6) is 5.75 Å². The van der Waals surface area contributed by atoms with Crippen molar-refractivity contribution in [3.05, 3.63) is 81.5 Å². The SMILES string of the molecule is CCc1ccccc1NC(=O)c1cc(COc2ccc(C)cc2)cs1. The van der Waals surface area contributed by atoms with Crippen LogP contribution in [0.1, 0.15) is 33.3 Å². The molecule has 0 unspecified atom stereocenters. The number of ether oxygens (including phenoxy) is 1. The molecule has 25 heavy (non-hydrogen) atoms. The number of rotatable bonds is 6. The molecule has 0 fully saturated rings. The van der Waals surface area contributed by atoms with Gasteiger partial charge in [-0.05, 0) is 48.6 Å². The van der Waals surface area contributed by atoms with Crippen LogP contribution in [0.25, 0.3) is 0 Å². The second-order valence-electron chi connectivity index (χ2n) is 5.89. The number of carbonyl (C=O) groups is 1. The molecule has 0 aliphatic carbocycles. The summed E-state index contributed by atoms with van der Waals surface area (Å²) in [5.74, 6) is 0.757. The molecule has 3 aromatic rings. The van der Waals surface area contributed by atoms with Crippen molar-refractivity contribution in [1.29, 1.82) is 0 Å². The minimum absolute atomic E-state index is 0.0764. The molecule has 1 amide bonds. The Bertz CT molecular complexity index is 852. The topological polar surface area (TPSA) is 38.3 Å². The molecule has 0 spiro atoms. The third-order valence-electron chi connectivity index (χ3n) is 3.95. The summed E-state index contributed by atoms with van der Waals surface area (Å²) in [6.45, 7) is 4.58. The van der Waals surface area contributed by atoms with Crippen LogP contribution >= 0.6 is 11.3 Å². The van der Waals surface area contributed by atoms with Crippen LogP contribution in [0.3, 0.4) is 0 Å². The average Bonchev–Trinajstić information content (AvgIpc) is 3.11. The number of thiophene rings is 1. The normalized spacial score (nSPS) is 10.5. The van der Waals surface area contributed by atoms with Gasteiger partial charge in [0.2, 0.25) is 0 Å². The van der Waals surface area contributed by atoms with E-state index in [9.17, 15) is 4.79 Å². The Labute approximate surface area is 152 Å². The fourth-order valence-corrected chi connectivity index (χ4v) is 3.30. The van der Waals surface area contributed by atoms with Crippen molar-refractivity contribution in [3.8, 4) is 5.75 Å². The van der Waals surface area contributed by atoms with Crippen LogP contribution in [-0.4, -0.2) is 5.91 Å². The molecule has 4 heteroatoms. The highest BCUT2D eigenvalue weighted by atomic mass is 32.1. The highest BCUT2D eigenvalue weighted by Crippen LogP contribution is 2.21. The van der Waals surface area contributed by atoms with Crippen LogP contribution in [0.4, 0.5) is 5.69 Å². The van der Waals surface area contributed by atoms with Crippen molar-refractivity contribution < 1.29 is 9.53 Å². The molecular formula is C21H21NO2S. The minimum atomic E-state index is -0.0764. The molecule has 1 aromatic heterocycles. The number of amides is 1. The molecule has 0 aliphatic heterocycles. The van der Waals surface area contributed by atoms with Gasteiger partial charge in [-0.1, -0.05) is 42.8 Å². The standard InChI is InChI=1S/C21H21NO2S/c1-3-17-6-4-5-7-19(17)22-21(23)20-12-16(14-25-20)13-24-18-10-8-15(2)9-11-18/h4-12,14H,3,13H2,1-2H3,(H,22,23). The van der Waals surface area contributed by atoms with Gasteiger partial charge < -0.3 is 10.1 Å². The summed E-state index contributed by atoms with van der Waals surface area (Å²) < 4.78 is 5.77. The molecule has 0 saturated carbocycles. The summed E-state index contributed by atoms with van der Waals surface area (Å²) in [6.07, 6.45) is 0.885. The summed E-state index contributed by atoms with van der Waals surface area (Å²) >= 11 is 1.44. The number of anilines is 1. The molecule has 0 aliphatic rings. The highest BCUT2D eigenvalue weighted by Gasteiger charge is 2.11. The van der Waals surface area contributed by atoms with E-state index < -0.39 is 0 Å². The lowest BCUT2D eigenvalue weighted by atomic mass is 10.1. The maximum atomic E-state index is 12.5. The fraction of sp³-hybridized carbons (Fsp3) is 0.190. The fourth-order valence-electron chi connectivity index (χ4n) is 2.51. The Morgan fingerprint density at radius 2 is 1.88 bits per heavy atom. The van der Waals surface area contributed by atoms with E-state index in [1.54, 1.807) is 0 Å². The highest BCUT2D eigenvalue weighted by molar-refractivity contribution is 7.12. The van der Waals surface area contributed by atoms with Crippen LogP contribution < -0.4 is 10.1 Å². The van der Waals surface area contributed by atoms with Crippen LogP contribution in [-0.2, 0) is 13.0 Å². The predicted molar refractivity (Wildman–Crippen MR) is 104 cm³/mol. The Hall–Kier alpha value is -2.59. The van der Waals surface area contributed by atoms with Crippen molar-refractivity contribution in [2.75, 3.05) is 5.32 Å². The molecule has 3 nitrogen and oxygen atoms in total. The molecule has 0 bridgehead atoms. The lowest BCUT2D eigenvalue weighted by Gasteiger charge is -2.08. The summed E-state index contributed by atoms with van der Waals surface area (Å²) in [6, 6.07) is 17.7. The van der Waals surface area contributed by atoms with Crippen molar-refractivity contribution in [2.45, 2.75) is 26.9 Å². The number of benzene rings is 2. The first-order chi connectivity index (χ1) is 12.2. The van der Waals surface area contributed by atoms with Gasteiger partial charge >= 0.3 is 0 Å². The predicted octanol–water partition coefficient (Wildman–Crippen LogP) is 5.45. The molecule has 1 N–H and O–H groups in total. The van der Waals surface area contributed by atoms with Gasteiger partial charge in [0.1, 0.15) is 12.4 Å². The van der Waals surface area contributed by atoms with Gasteiger partial charge in [-0.2, -0.15) is 0 Å². The van der Waals surface area contributed by atoms with Crippen LogP contribution in [0.2, 0.25) is 0 Å². The molecule has 128 valence electrons. The number of aryl methyl sites for hydroxylation is 2. The molecular weight excluding hydrogens is 330 g/mol. The van der Waals surface area contributed by atoms with Crippen molar-refractivity contribution >= 4 is 22.9 Å². The second-order valence-corrected chi connectivity index (χ2v) is 6.80. The molecule has 2 aromatic carbocycles. The van der Waals surface area contributed by atoms with E-state index in [2.05, 4.69) is 12.2 Å². The maximum Gasteiger partial charge on any atom is 0.265 e. The Kier molecular flexibility index (Phi) is 5.51. The third kappa shape index (κ3) is 4.48. The van der Waals surface area contributed by atoms with E-state index in [0.717, 1.165) is 29.0 Å². The van der Waals surface area contributed by atoms with Gasteiger partial charge in [0.25, 0.3) is 5.91 Å². The van der Waals surface area contributed by atoms with Gasteiger partial charge in [-0.3, -0.25) is 4.79 Å². The third-order valence-corrected chi connectivity index (χ3v) is 4.93. The lowest BCUT2D eigenvalue weighted by Crippen LogP contribution is -2.11. The van der Waals surface area contributed by atoms with Gasteiger partial charge in [0.15, 0.2) is 0 Å². The summed E-state index contributed by atoms with van der Waals surface area (Å²) in [4.78, 5) is 13.2. The molecule has 0 saturated heterocycles. The van der Waals surface area contributed by atoms with Crippen molar-refractivity contribution in [2.24, 2.45) is 0 Å². The van der Waals surface area contributed by atoms with Crippen molar-refractivity contribution in [1.82, 2.24) is 0 Å². The van der Waals surface area contributed by atoms with E-state index in [0.29, 0.717) is 11.5 Å². The lowest BCUT2D eigenvalue weighted by molar-refractivity contribution is 0.103. The molecule has 0 atom stereocenters. The summed E-state index contributed by atoms with van der Waals surface area (Å²) in [5, 5.41) is 4.97. The summed E-state index contributed by atoms with van der Waals surface area (Å²) in [7, 11) is 0. The second kappa shape index (κ2) is 7.99. The van der Waals surface area contributed by atoms with E-state index in [1.807, 2.05) is 66.9 Å². The van der Waals surface area contributed by atoms with E-state index in [1.165, 1.54) is 16.9 Å². The number of hydrogen-bond acceptors (Lipinski definition) is 3. The molecule has 3 rings (SSSR count). The van der Waals surface area contributed by atoms with Gasteiger partial charge in [0, 0.05) is 11.3 Å². The van der Waals surface area contributed by atoms with Gasteiger partial charge in [-0.25, -0.2) is 0 Å². The number of nitrogens with one attached hydrogen (secondary N) is 1. The zero-order valence-electron chi connectivity index (χ0n) is 14.4. The Balaban J connectivity index is 1.62. The van der Waals surface area contributed by atoms with E-state index in [4.69, 9.17) is 4.74 Å². The van der Waals surface area contributed by atoms with E-state index >= 15 is 0 Å². The minimum Gasteiger partial charge on any atom is -0.489 e. The van der Waals surface area contributed by atoms with Crippen LogP contribution in [0, 0.1) is 6.92 Å². The Morgan fingerprint density at radius 3 is 2.64 bits per heavy atom. The summed E-state index contributed by atoms with van der Waals surface area (Å²) in [5.41, 5.74) is 4.21. The van der Waals surface area contributed by atoms with Crippen molar-refractivity contribution in [3.63, 3.8) is 0 Å². The van der Waals surface area contributed by atoms with Gasteiger partial charge in [0.05, 0.1) is 4.88 Å².